The number of anilines is 2. The molecule has 6 heteroatoms. The first-order valence-corrected chi connectivity index (χ1v) is 5.60. The zero-order valence-corrected chi connectivity index (χ0v) is 10.7. The summed E-state index contributed by atoms with van der Waals surface area (Å²) in [5.41, 5.74) is 5.47. The molecule has 0 saturated carbocycles. The van der Waals surface area contributed by atoms with Crippen molar-refractivity contribution in [2.75, 3.05) is 37.4 Å². The predicted molar refractivity (Wildman–Crippen MR) is 69.2 cm³/mol. The van der Waals surface area contributed by atoms with Crippen LogP contribution in [0.2, 0.25) is 0 Å². The Labute approximate surface area is 102 Å². The molecule has 96 valence electrons. The van der Waals surface area contributed by atoms with Gasteiger partial charge in [0.2, 0.25) is 0 Å². The first-order chi connectivity index (χ1) is 8.07. The van der Waals surface area contributed by atoms with Crippen LogP contribution in [0.15, 0.2) is 12.4 Å². The van der Waals surface area contributed by atoms with E-state index in [1.807, 2.05) is 19.9 Å². The van der Waals surface area contributed by atoms with Gasteiger partial charge in [0.05, 0.1) is 6.61 Å². The normalized spacial score (nSPS) is 11.3. The van der Waals surface area contributed by atoms with Crippen molar-refractivity contribution in [3.8, 4) is 0 Å². The molecule has 17 heavy (non-hydrogen) atoms. The number of aromatic nitrogens is 2. The van der Waals surface area contributed by atoms with Gasteiger partial charge in [0.25, 0.3) is 0 Å². The highest BCUT2D eigenvalue weighted by Crippen LogP contribution is 2.13. The molecule has 1 aromatic rings. The molecule has 1 heterocycles. The van der Waals surface area contributed by atoms with Crippen molar-refractivity contribution in [1.82, 2.24) is 9.97 Å². The summed E-state index contributed by atoms with van der Waals surface area (Å²) in [7, 11) is 1.67. The minimum Gasteiger partial charge on any atom is -0.383 e. The number of hydrogen-bond donors (Lipinski definition) is 3. The number of methoxy groups -OCH3 is 1. The van der Waals surface area contributed by atoms with E-state index in [1.165, 1.54) is 6.33 Å². The first-order valence-electron chi connectivity index (χ1n) is 5.60. The van der Waals surface area contributed by atoms with Crippen molar-refractivity contribution in [2.45, 2.75) is 19.4 Å². The van der Waals surface area contributed by atoms with Gasteiger partial charge in [0.15, 0.2) is 0 Å². The standard InChI is InChI=1S/C11H21N5O/c1-11(2,7-12)16-10-6-9(14-8-15-10)13-4-5-17-3/h6,8H,4-5,7,12H2,1-3H3,(H2,13,14,15,16). The Hall–Kier alpha value is -1.40. The number of nitrogens with zero attached hydrogens (tertiary/aromatic N) is 2. The number of ether oxygens (including phenoxy) is 1. The molecule has 0 aliphatic carbocycles. The van der Waals surface area contributed by atoms with Crippen LogP contribution in [0.4, 0.5) is 11.6 Å². The highest BCUT2D eigenvalue weighted by molar-refractivity contribution is 5.47. The zero-order valence-electron chi connectivity index (χ0n) is 10.7. The summed E-state index contributed by atoms with van der Waals surface area (Å²) in [6.07, 6.45) is 1.52. The lowest BCUT2D eigenvalue weighted by Crippen LogP contribution is -2.39. The fraction of sp³-hybridized carbons (Fsp3) is 0.636. The highest BCUT2D eigenvalue weighted by atomic mass is 16.5. The number of nitrogens with two attached hydrogens (primary N) is 1. The second kappa shape index (κ2) is 6.36. The SMILES string of the molecule is COCCNc1cc(NC(C)(C)CN)ncn1. The Morgan fingerprint density at radius 3 is 2.71 bits per heavy atom. The van der Waals surface area contributed by atoms with Crippen LogP contribution in [0.5, 0.6) is 0 Å². The molecule has 4 N–H and O–H groups in total. The van der Waals surface area contributed by atoms with E-state index in [4.69, 9.17) is 10.5 Å². The lowest BCUT2D eigenvalue weighted by molar-refractivity contribution is 0.210. The summed E-state index contributed by atoms with van der Waals surface area (Å²) in [5, 5.41) is 6.39. The quantitative estimate of drug-likeness (QED) is 0.607. The Kier molecular flexibility index (Phi) is 5.11. The molecule has 0 aromatic carbocycles. The van der Waals surface area contributed by atoms with Gasteiger partial charge in [-0.25, -0.2) is 9.97 Å². The van der Waals surface area contributed by atoms with Crippen LogP contribution in [0.1, 0.15) is 13.8 Å². The zero-order chi connectivity index (χ0) is 12.7. The van der Waals surface area contributed by atoms with E-state index >= 15 is 0 Å². The fourth-order valence-electron chi connectivity index (χ4n) is 1.20. The van der Waals surface area contributed by atoms with E-state index in [1.54, 1.807) is 7.11 Å². The van der Waals surface area contributed by atoms with Gasteiger partial charge in [-0.2, -0.15) is 0 Å². The molecule has 1 rings (SSSR count). The van der Waals surface area contributed by atoms with Crippen molar-refractivity contribution in [3.63, 3.8) is 0 Å². The van der Waals surface area contributed by atoms with Crippen molar-refractivity contribution < 1.29 is 4.74 Å². The van der Waals surface area contributed by atoms with Gasteiger partial charge in [-0.15, -0.1) is 0 Å². The van der Waals surface area contributed by atoms with Crippen LogP contribution in [-0.4, -0.2) is 42.3 Å². The Morgan fingerprint density at radius 2 is 2.06 bits per heavy atom. The van der Waals surface area contributed by atoms with Crippen LogP contribution >= 0.6 is 0 Å². The average Bonchev–Trinajstić information content (AvgIpc) is 2.29. The Bertz CT molecular complexity index is 342. The second-order valence-corrected chi connectivity index (χ2v) is 4.42. The van der Waals surface area contributed by atoms with Crippen molar-refractivity contribution >= 4 is 11.6 Å². The van der Waals surface area contributed by atoms with Crippen molar-refractivity contribution in [2.24, 2.45) is 5.73 Å². The number of nitrogens with one attached hydrogen (secondary N) is 2. The smallest absolute Gasteiger partial charge is 0.131 e. The monoisotopic (exact) mass is 239 g/mol. The highest BCUT2D eigenvalue weighted by Gasteiger charge is 2.15. The maximum Gasteiger partial charge on any atom is 0.131 e. The topological polar surface area (TPSA) is 85.1 Å². The molecule has 6 nitrogen and oxygen atoms in total. The van der Waals surface area contributed by atoms with Gasteiger partial charge in [0.1, 0.15) is 18.0 Å². The van der Waals surface area contributed by atoms with Crippen molar-refractivity contribution in [3.05, 3.63) is 12.4 Å². The Balaban J connectivity index is 2.59. The third-order valence-electron chi connectivity index (χ3n) is 2.26. The predicted octanol–water partition coefficient (Wildman–Crippen LogP) is 0.684. The van der Waals surface area contributed by atoms with Gasteiger partial charge in [0, 0.05) is 31.8 Å². The average molecular weight is 239 g/mol. The molecule has 0 bridgehead atoms. The van der Waals surface area contributed by atoms with Gasteiger partial charge in [-0.05, 0) is 13.8 Å². The molecule has 0 atom stereocenters. The second-order valence-electron chi connectivity index (χ2n) is 4.42. The van der Waals surface area contributed by atoms with Gasteiger partial charge in [-0.3, -0.25) is 0 Å². The lowest BCUT2D eigenvalue weighted by Gasteiger charge is -2.24. The summed E-state index contributed by atoms with van der Waals surface area (Å²) < 4.78 is 4.95. The summed E-state index contributed by atoms with van der Waals surface area (Å²) >= 11 is 0. The number of rotatable bonds is 7. The molecule has 0 amide bonds. The minimum absolute atomic E-state index is 0.182. The number of hydrogen-bond acceptors (Lipinski definition) is 6. The van der Waals surface area contributed by atoms with Crippen LogP contribution in [0, 0.1) is 0 Å². The van der Waals surface area contributed by atoms with E-state index in [0.717, 1.165) is 11.6 Å². The molecular weight excluding hydrogens is 218 g/mol. The summed E-state index contributed by atoms with van der Waals surface area (Å²) in [4.78, 5) is 8.27. The molecule has 0 unspecified atom stereocenters. The third kappa shape index (κ3) is 4.97. The summed E-state index contributed by atoms with van der Waals surface area (Å²) in [6.45, 7) is 5.93. The molecular formula is C11H21N5O. The molecule has 0 aliphatic heterocycles. The molecule has 1 aromatic heterocycles. The van der Waals surface area contributed by atoms with Gasteiger partial charge in [-0.1, -0.05) is 0 Å². The molecule has 0 saturated heterocycles. The maximum absolute atomic E-state index is 5.65. The minimum atomic E-state index is -0.182. The maximum atomic E-state index is 5.65. The molecule has 0 aliphatic rings. The largest absolute Gasteiger partial charge is 0.383 e. The first kappa shape index (κ1) is 13.7. The van der Waals surface area contributed by atoms with Gasteiger partial charge >= 0.3 is 0 Å². The van der Waals surface area contributed by atoms with Crippen LogP contribution in [-0.2, 0) is 4.74 Å². The lowest BCUT2D eigenvalue weighted by atomic mass is 10.1. The van der Waals surface area contributed by atoms with Crippen LogP contribution in [0.3, 0.4) is 0 Å². The van der Waals surface area contributed by atoms with E-state index in [2.05, 4.69) is 20.6 Å². The molecule has 0 spiro atoms. The van der Waals surface area contributed by atoms with Crippen molar-refractivity contribution in [1.29, 1.82) is 0 Å². The fourth-order valence-corrected chi connectivity index (χ4v) is 1.20. The molecule has 0 radical (unpaired) electrons. The third-order valence-corrected chi connectivity index (χ3v) is 2.26. The van der Waals surface area contributed by atoms with E-state index in [-0.39, 0.29) is 5.54 Å². The van der Waals surface area contributed by atoms with Crippen LogP contribution < -0.4 is 16.4 Å². The summed E-state index contributed by atoms with van der Waals surface area (Å²) in [6, 6.07) is 1.85. The summed E-state index contributed by atoms with van der Waals surface area (Å²) in [5.74, 6) is 1.53. The van der Waals surface area contributed by atoms with Gasteiger partial charge < -0.3 is 21.1 Å². The molecule has 0 fully saturated rings. The van der Waals surface area contributed by atoms with Crippen LogP contribution in [0.25, 0.3) is 0 Å². The van der Waals surface area contributed by atoms with E-state index in [9.17, 15) is 0 Å². The van der Waals surface area contributed by atoms with E-state index < -0.39 is 0 Å². The van der Waals surface area contributed by atoms with E-state index in [0.29, 0.717) is 19.7 Å². The Morgan fingerprint density at radius 1 is 1.35 bits per heavy atom.